The van der Waals surface area contributed by atoms with Gasteiger partial charge in [-0.05, 0) is 47.4 Å². The van der Waals surface area contributed by atoms with E-state index in [1.165, 1.54) is 21.9 Å². The molecule has 0 aliphatic heterocycles. The van der Waals surface area contributed by atoms with E-state index >= 15 is 0 Å². The number of fused-ring (bicyclic) bond motifs is 1. The minimum absolute atomic E-state index is 0.0835. The quantitative estimate of drug-likeness (QED) is 0.707. The van der Waals surface area contributed by atoms with E-state index in [1.54, 1.807) is 0 Å². The van der Waals surface area contributed by atoms with Crippen LogP contribution in [0.25, 0.3) is 10.8 Å². The molecule has 2 N–H and O–H groups in total. The normalized spacial score (nSPS) is 14.0. The van der Waals surface area contributed by atoms with Crippen molar-refractivity contribution in [2.24, 2.45) is 5.73 Å². The summed E-state index contributed by atoms with van der Waals surface area (Å²) in [6.45, 7) is 2.07. The van der Waals surface area contributed by atoms with Crippen LogP contribution < -0.4 is 5.73 Å². The molecule has 0 fully saturated rings. The monoisotopic (exact) mass is 309 g/mol. The van der Waals surface area contributed by atoms with Crippen LogP contribution in [0.1, 0.15) is 24.0 Å². The van der Waals surface area contributed by atoms with Crippen molar-refractivity contribution in [2.75, 3.05) is 0 Å². The van der Waals surface area contributed by atoms with E-state index in [1.807, 2.05) is 12.1 Å². The second-order valence-corrected chi connectivity index (χ2v) is 6.30. The third-order valence-electron chi connectivity index (χ3n) is 4.25. The Morgan fingerprint density at radius 2 is 1.59 bits per heavy atom. The fourth-order valence-electron chi connectivity index (χ4n) is 3.02. The topological polar surface area (TPSA) is 26.0 Å². The number of hydrogen-bond donors (Lipinski definition) is 1. The molecule has 2 atom stereocenters. The van der Waals surface area contributed by atoms with Crippen molar-refractivity contribution in [2.45, 2.75) is 25.3 Å². The Bertz CT molecular complexity index is 757. The summed E-state index contributed by atoms with van der Waals surface area (Å²) in [6, 6.07) is 23.1. The average Bonchev–Trinajstić information content (AvgIpc) is 2.53. The first-order valence-corrected chi connectivity index (χ1v) is 8.00. The van der Waals surface area contributed by atoms with E-state index < -0.39 is 0 Å². The molecule has 0 spiro atoms. The predicted octanol–water partition coefficient (Wildman–Crippen LogP) is 5.17. The van der Waals surface area contributed by atoms with Crippen LogP contribution in [-0.2, 0) is 6.42 Å². The van der Waals surface area contributed by atoms with Gasteiger partial charge in [0.15, 0.2) is 0 Å². The lowest BCUT2D eigenvalue weighted by atomic mass is 9.85. The van der Waals surface area contributed by atoms with Crippen molar-refractivity contribution in [3.8, 4) is 0 Å². The lowest BCUT2D eigenvalue weighted by Crippen LogP contribution is -2.26. The highest BCUT2D eigenvalue weighted by atomic mass is 35.5. The maximum Gasteiger partial charge on any atom is 0.0406 e. The molecule has 22 heavy (non-hydrogen) atoms. The summed E-state index contributed by atoms with van der Waals surface area (Å²) in [5.41, 5.74) is 8.85. The van der Waals surface area contributed by atoms with Crippen LogP contribution in [0, 0.1) is 0 Å². The van der Waals surface area contributed by atoms with Gasteiger partial charge < -0.3 is 5.73 Å². The van der Waals surface area contributed by atoms with Gasteiger partial charge in [-0.1, -0.05) is 66.2 Å². The Balaban J connectivity index is 1.98. The standard InChI is InChI=1S/C20H20ClN/c1-14(22)20(16-9-11-18(21)12-10-16)13-17-7-4-6-15-5-2-3-8-19(15)17/h2-12,14,20H,13,22H2,1H3. The molecular weight excluding hydrogens is 290 g/mol. The van der Waals surface area contributed by atoms with Crippen LogP contribution in [0.4, 0.5) is 0 Å². The summed E-state index contributed by atoms with van der Waals surface area (Å²) < 4.78 is 0. The van der Waals surface area contributed by atoms with E-state index in [0.29, 0.717) is 0 Å². The van der Waals surface area contributed by atoms with Crippen LogP contribution in [0.5, 0.6) is 0 Å². The molecule has 2 heteroatoms. The lowest BCUT2D eigenvalue weighted by molar-refractivity contribution is 0.566. The molecule has 0 aromatic heterocycles. The van der Waals surface area contributed by atoms with Gasteiger partial charge in [0.05, 0.1) is 0 Å². The Hall–Kier alpha value is -1.83. The summed E-state index contributed by atoms with van der Waals surface area (Å²) >= 11 is 6.00. The maximum absolute atomic E-state index is 6.27. The van der Waals surface area contributed by atoms with Gasteiger partial charge in [-0.2, -0.15) is 0 Å². The highest BCUT2D eigenvalue weighted by Crippen LogP contribution is 2.28. The van der Waals surface area contributed by atoms with Crippen LogP contribution in [0.2, 0.25) is 5.02 Å². The number of halogens is 1. The molecule has 0 radical (unpaired) electrons. The Kier molecular flexibility index (Phi) is 4.47. The van der Waals surface area contributed by atoms with Gasteiger partial charge in [0.1, 0.15) is 0 Å². The molecular formula is C20H20ClN. The van der Waals surface area contributed by atoms with Crippen molar-refractivity contribution in [3.63, 3.8) is 0 Å². The molecule has 0 saturated carbocycles. The SMILES string of the molecule is CC(N)C(Cc1cccc2ccccc12)c1ccc(Cl)cc1. The van der Waals surface area contributed by atoms with Gasteiger partial charge in [-0.25, -0.2) is 0 Å². The van der Waals surface area contributed by atoms with E-state index in [0.717, 1.165) is 11.4 Å². The summed E-state index contributed by atoms with van der Waals surface area (Å²) in [5.74, 6) is 0.281. The zero-order chi connectivity index (χ0) is 15.5. The van der Waals surface area contributed by atoms with Crippen LogP contribution in [-0.4, -0.2) is 6.04 Å². The van der Waals surface area contributed by atoms with Gasteiger partial charge in [0, 0.05) is 17.0 Å². The Morgan fingerprint density at radius 3 is 2.32 bits per heavy atom. The highest BCUT2D eigenvalue weighted by molar-refractivity contribution is 6.30. The lowest BCUT2D eigenvalue weighted by Gasteiger charge is -2.22. The average molecular weight is 310 g/mol. The van der Waals surface area contributed by atoms with E-state index in [2.05, 4.69) is 61.5 Å². The molecule has 1 nitrogen and oxygen atoms in total. The number of hydrogen-bond acceptors (Lipinski definition) is 1. The van der Waals surface area contributed by atoms with E-state index in [9.17, 15) is 0 Å². The summed E-state index contributed by atoms with van der Waals surface area (Å²) in [7, 11) is 0. The van der Waals surface area contributed by atoms with Gasteiger partial charge >= 0.3 is 0 Å². The summed E-state index contributed by atoms with van der Waals surface area (Å²) in [6.07, 6.45) is 0.931. The number of rotatable bonds is 4. The predicted molar refractivity (Wildman–Crippen MR) is 95.5 cm³/mol. The molecule has 0 saturated heterocycles. The van der Waals surface area contributed by atoms with Gasteiger partial charge in [-0.3, -0.25) is 0 Å². The third-order valence-corrected chi connectivity index (χ3v) is 4.50. The van der Waals surface area contributed by atoms with Gasteiger partial charge in [0.2, 0.25) is 0 Å². The number of nitrogens with two attached hydrogens (primary N) is 1. The molecule has 3 rings (SSSR count). The molecule has 0 aliphatic rings. The largest absolute Gasteiger partial charge is 0.327 e. The van der Waals surface area contributed by atoms with Crippen molar-refractivity contribution in [3.05, 3.63) is 82.9 Å². The molecule has 0 aliphatic carbocycles. The van der Waals surface area contributed by atoms with Crippen molar-refractivity contribution >= 4 is 22.4 Å². The van der Waals surface area contributed by atoms with Crippen LogP contribution in [0.3, 0.4) is 0 Å². The first-order chi connectivity index (χ1) is 10.6. The third kappa shape index (κ3) is 3.16. The van der Waals surface area contributed by atoms with Crippen LogP contribution >= 0.6 is 11.6 Å². The second kappa shape index (κ2) is 6.51. The summed E-state index contributed by atoms with van der Waals surface area (Å²) in [4.78, 5) is 0. The fourth-order valence-corrected chi connectivity index (χ4v) is 3.15. The summed E-state index contributed by atoms with van der Waals surface area (Å²) in [5, 5.41) is 3.35. The minimum atomic E-state index is 0.0835. The number of benzene rings is 3. The van der Waals surface area contributed by atoms with E-state index in [-0.39, 0.29) is 12.0 Å². The van der Waals surface area contributed by atoms with Crippen LogP contribution in [0.15, 0.2) is 66.7 Å². The van der Waals surface area contributed by atoms with Gasteiger partial charge in [0.25, 0.3) is 0 Å². The molecule has 0 amide bonds. The zero-order valence-electron chi connectivity index (χ0n) is 12.7. The van der Waals surface area contributed by atoms with Crippen molar-refractivity contribution < 1.29 is 0 Å². The first kappa shape index (κ1) is 15.1. The minimum Gasteiger partial charge on any atom is -0.327 e. The van der Waals surface area contributed by atoms with Crippen molar-refractivity contribution in [1.29, 1.82) is 0 Å². The molecule has 3 aromatic carbocycles. The Morgan fingerprint density at radius 1 is 0.909 bits per heavy atom. The smallest absolute Gasteiger partial charge is 0.0406 e. The maximum atomic E-state index is 6.27. The molecule has 2 unspecified atom stereocenters. The fraction of sp³-hybridized carbons (Fsp3) is 0.200. The highest BCUT2D eigenvalue weighted by Gasteiger charge is 2.18. The van der Waals surface area contributed by atoms with Gasteiger partial charge in [-0.15, -0.1) is 0 Å². The zero-order valence-corrected chi connectivity index (χ0v) is 13.4. The second-order valence-electron chi connectivity index (χ2n) is 5.86. The Labute approximate surface area is 136 Å². The van der Waals surface area contributed by atoms with Crippen molar-refractivity contribution in [1.82, 2.24) is 0 Å². The molecule has 3 aromatic rings. The molecule has 112 valence electrons. The first-order valence-electron chi connectivity index (χ1n) is 7.63. The molecule has 0 bridgehead atoms. The molecule has 0 heterocycles. The van der Waals surface area contributed by atoms with E-state index in [4.69, 9.17) is 17.3 Å².